The van der Waals surface area contributed by atoms with Gasteiger partial charge in [0, 0.05) is 18.8 Å². The second-order valence-electron chi connectivity index (χ2n) is 5.88. The molecule has 94 valence electrons. The molecule has 1 aromatic rings. The van der Waals surface area contributed by atoms with E-state index in [-0.39, 0.29) is 5.92 Å². The van der Waals surface area contributed by atoms with E-state index in [1.165, 1.54) is 48.3 Å². The first-order chi connectivity index (χ1) is 8.70. The quantitative estimate of drug-likeness (QED) is 0.793. The number of hydrogen-bond acceptors (Lipinski definition) is 2. The first-order valence-corrected chi connectivity index (χ1v) is 7.01. The van der Waals surface area contributed by atoms with Gasteiger partial charge in [0.15, 0.2) is 0 Å². The maximum absolute atomic E-state index is 9.37. The third-order valence-electron chi connectivity index (χ3n) is 4.30. The summed E-state index contributed by atoms with van der Waals surface area (Å²) in [6, 6.07) is 7.06. The molecule has 0 aliphatic carbocycles. The molecule has 0 spiro atoms. The van der Waals surface area contributed by atoms with E-state index in [0.717, 1.165) is 6.42 Å². The van der Waals surface area contributed by atoms with Crippen molar-refractivity contribution in [3.63, 3.8) is 0 Å². The Kier molecular flexibility index (Phi) is 2.78. The highest BCUT2D eigenvalue weighted by molar-refractivity contribution is 5.66. The fourth-order valence-electron chi connectivity index (χ4n) is 3.41. The summed E-state index contributed by atoms with van der Waals surface area (Å²) in [5.41, 5.74) is 5.69. The van der Waals surface area contributed by atoms with Gasteiger partial charge in [-0.15, -0.1) is 0 Å². The number of aryl methyl sites for hydroxylation is 1. The predicted molar refractivity (Wildman–Crippen MR) is 73.9 cm³/mol. The lowest BCUT2D eigenvalue weighted by Gasteiger charge is -2.28. The Hall–Kier alpha value is -1.49. The Morgan fingerprint density at radius 1 is 1.17 bits per heavy atom. The minimum atomic E-state index is 0.0440. The van der Waals surface area contributed by atoms with Gasteiger partial charge in [0.05, 0.1) is 12.0 Å². The number of hydrogen-bond donors (Lipinski definition) is 0. The van der Waals surface area contributed by atoms with E-state index in [9.17, 15) is 5.26 Å². The lowest BCUT2D eigenvalue weighted by Crippen LogP contribution is -2.26. The van der Waals surface area contributed by atoms with Crippen LogP contribution in [0.25, 0.3) is 0 Å². The fraction of sp³-hybridized carbons (Fsp3) is 0.562. The number of nitriles is 1. The Bertz CT molecular complexity index is 511. The van der Waals surface area contributed by atoms with Gasteiger partial charge in [0.25, 0.3) is 0 Å². The van der Waals surface area contributed by atoms with Crippen molar-refractivity contribution in [3.05, 3.63) is 28.8 Å². The summed E-state index contributed by atoms with van der Waals surface area (Å²) in [6.07, 6.45) is 3.60. The molecule has 0 saturated heterocycles. The minimum Gasteiger partial charge on any atom is -0.371 e. The number of benzene rings is 1. The van der Waals surface area contributed by atoms with Crippen LogP contribution >= 0.6 is 0 Å². The molecular weight excluding hydrogens is 220 g/mol. The molecule has 18 heavy (non-hydrogen) atoms. The van der Waals surface area contributed by atoms with E-state index in [4.69, 9.17) is 0 Å². The SMILES string of the molecule is CC(C)C(C#N)c1cc2c3c(c1)CCN3CCC2. The molecule has 3 rings (SSSR count). The lowest BCUT2D eigenvalue weighted by molar-refractivity contribution is 0.586. The van der Waals surface area contributed by atoms with Crippen molar-refractivity contribution < 1.29 is 0 Å². The van der Waals surface area contributed by atoms with Gasteiger partial charge in [0.1, 0.15) is 0 Å². The number of nitrogens with zero attached hydrogens (tertiary/aromatic N) is 2. The summed E-state index contributed by atoms with van der Waals surface area (Å²) < 4.78 is 0. The van der Waals surface area contributed by atoms with Crippen LogP contribution in [0, 0.1) is 17.2 Å². The molecule has 0 aromatic heterocycles. The van der Waals surface area contributed by atoms with Crippen molar-refractivity contribution >= 4 is 5.69 Å². The Labute approximate surface area is 109 Å². The van der Waals surface area contributed by atoms with Crippen LogP contribution in [0.2, 0.25) is 0 Å². The Balaban J connectivity index is 2.07. The van der Waals surface area contributed by atoms with E-state index >= 15 is 0 Å². The van der Waals surface area contributed by atoms with Crippen LogP contribution in [-0.2, 0) is 12.8 Å². The average Bonchev–Trinajstić information content (AvgIpc) is 2.75. The van der Waals surface area contributed by atoms with Gasteiger partial charge in [-0.2, -0.15) is 5.26 Å². The summed E-state index contributed by atoms with van der Waals surface area (Å²) in [5.74, 6) is 0.434. The first-order valence-electron chi connectivity index (χ1n) is 7.01. The lowest BCUT2D eigenvalue weighted by atomic mass is 9.86. The monoisotopic (exact) mass is 240 g/mol. The topological polar surface area (TPSA) is 27.0 Å². The van der Waals surface area contributed by atoms with Crippen LogP contribution < -0.4 is 4.90 Å². The van der Waals surface area contributed by atoms with Crippen LogP contribution in [0.5, 0.6) is 0 Å². The molecule has 0 N–H and O–H groups in total. The molecule has 2 heterocycles. The van der Waals surface area contributed by atoms with Crippen LogP contribution in [-0.4, -0.2) is 13.1 Å². The minimum absolute atomic E-state index is 0.0440. The van der Waals surface area contributed by atoms with Crippen LogP contribution in [0.15, 0.2) is 12.1 Å². The Morgan fingerprint density at radius 3 is 2.56 bits per heavy atom. The second kappa shape index (κ2) is 4.31. The normalized spacial score (nSPS) is 18.7. The molecule has 0 radical (unpaired) electrons. The highest BCUT2D eigenvalue weighted by Crippen LogP contribution is 2.39. The zero-order valence-corrected chi connectivity index (χ0v) is 11.2. The zero-order chi connectivity index (χ0) is 12.7. The second-order valence-corrected chi connectivity index (χ2v) is 5.88. The van der Waals surface area contributed by atoms with Gasteiger partial charge in [-0.05, 0) is 41.9 Å². The average molecular weight is 240 g/mol. The van der Waals surface area contributed by atoms with Crippen LogP contribution in [0.1, 0.15) is 42.9 Å². The molecule has 1 atom stereocenters. The third kappa shape index (κ3) is 1.70. The van der Waals surface area contributed by atoms with E-state index in [1.54, 1.807) is 0 Å². The van der Waals surface area contributed by atoms with E-state index in [1.807, 2.05) is 0 Å². The van der Waals surface area contributed by atoms with Crippen molar-refractivity contribution in [3.8, 4) is 6.07 Å². The van der Waals surface area contributed by atoms with Crippen molar-refractivity contribution in [2.24, 2.45) is 5.92 Å². The van der Waals surface area contributed by atoms with Gasteiger partial charge in [-0.1, -0.05) is 26.0 Å². The molecule has 2 aliphatic heterocycles. The van der Waals surface area contributed by atoms with Crippen LogP contribution in [0.4, 0.5) is 5.69 Å². The van der Waals surface area contributed by atoms with E-state index in [2.05, 4.69) is 36.9 Å². The molecule has 0 saturated carbocycles. The summed E-state index contributed by atoms with van der Waals surface area (Å²) >= 11 is 0. The summed E-state index contributed by atoms with van der Waals surface area (Å²) in [6.45, 7) is 6.66. The maximum Gasteiger partial charge on any atom is 0.0735 e. The summed E-state index contributed by atoms with van der Waals surface area (Å²) in [4.78, 5) is 2.52. The van der Waals surface area contributed by atoms with Crippen LogP contribution in [0.3, 0.4) is 0 Å². The maximum atomic E-state index is 9.37. The molecule has 2 aliphatic rings. The molecule has 0 bridgehead atoms. The number of anilines is 1. The van der Waals surface area contributed by atoms with Crippen molar-refractivity contribution in [1.29, 1.82) is 5.26 Å². The van der Waals surface area contributed by atoms with E-state index < -0.39 is 0 Å². The first kappa shape index (κ1) is 11.6. The number of rotatable bonds is 2. The summed E-state index contributed by atoms with van der Waals surface area (Å²) in [7, 11) is 0. The van der Waals surface area contributed by atoms with Crippen molar-refractivity contribution in [2.75, 3.05) is 18.0 Å². The predicted octanol–water partition coefficient (Wildman–Crippen LogP) is 3.26. The van der Waals surface area contributed by atoms with Gasteiger partial charge in [0.2, 0.25) is 0 Å². The third-order valence-corrected chi connectivity index (χ3v) is 4.30. The molecule has 1 unspecified atom stereocenters. The van der Waals surface area contributed by atoms with Gasteiger partial charge < -0.3 is 4.90 Å². The molecule has 2 nitrogen and oxygen atoms in total. The van der Waals surface area contributed by atoms with Crippen molar-refractivity contribution in [1.82, 2.24) is 0 Å². The zero-order valence-electron chi connectivity index (χ0n) is 11.2. The van der Waals surface area contributed by atoms with Gasteiger partial charge in [-0.25, -0.2) is 0 Å². The highest BCUT2D eigenvalue weighted by Gasteiger charge is 2.27. The smallest absolute Gasteiger partial charge is 0.0735 e. The largest absolute Gasteiger partial charge is 0.371 e. The van der Waals surface area contributed by atoms with E-state index in [0.29, 0.717) is 5.92 Å². The standard InChI is InChI=1S/C16H20N2/c1-11(2)15(10-17)14-8-12-4-3-6-18-7-5-13(9-14)16(12)18/h8-9,11,15H,3-7H2,1-2H3. The Morgan fingerprint density at radius 2 is 1.89 bits per heavy atom. The fourth-order valence-corrected chi connectivity index (χ4v) is 3.41. The molecule has 0 amide bonds. The summed E-state index contributed by atoms with van der Waals surface area (Å²) in [5, 5.41) is 9.37. The molecule has 1 aromatic carbocycles. The van der Waals surface area contributed by atoms with Crippen molar-refractivity contribution in [2.45, 2.75) is 39.0 Å². The molecule has 0 fully saturated rings. The molecular formula is C16H20N2. The van der Waals surface area contributed by atoms with Gasteiger partial charge in [-0.3, -0.25) is 0 Å². The van der Waals surface area contributed by atoms with Gasteiger partial charge >= 0.3 is 0 Å². The highest BCUT2D eigenvalue weighted by atomic mass is 15.2. The molecule has 2 heteroatoms.